The SMILES string of the molecule is BrCCCC1CNCCS1. The number of rotatable bonds is 3. The van der Waals surface area contributed by atoms with Crippen molar-refractivity contribution in [3.05, 3.63) is 0 Å². The first-order valence-electron chi connectivity index (χ1n) is 3.82. The maximum absolute atomic E-state index is 3.45. The summed E-state index contributed by atoms with van der Waals surface area (Å²) in [5.41, 5.74) is 0. The highest BCUT2D eigenvalue weighted by Crippen LogP contribution is 2.18. The Balaban J connectivity index is 2.02. The molecular formula is C7H14BrNS. The van der Waals surface area contributed by atoms with Crippen LogP contribution in [0.2, 0.25) is 0 Å². The third kappa shape index (κ3) is 3.26. The summed E-state index contributed by atoms with van der Waals surface area (Å²) >= 11 is 5.57. The van der Waals surface area contributed by atoms with Crippen LogP contribution in [0.25, 0.3) is 0 Å². The molecule has 1 nitrogen and oxygen atoms in total. The van der Waals surface area contributed by atoms with Gasteiger partial charge in [0.1, 0.15) is 0 Å². The standard InChI is InChI=1S/C7H14BrNS/c8-3-1-2-7-6-9-4-5-10-7/h7,9H,1-6H2. The molecule has 60 valence electrons. The topological polar surface area (TPSA) is 12.0 Å². The first-order valence-corrected chi connectivity index (χ1v) is 5.99. The van der Waals surface area contributed by atoms with E-state index in [2.05, 4.69) is 33.0 Å². The Bertz CT molecular complexity index is 83.7. The predicted octanol–water partition coefficient (Wildman–Crippen LogP) is 1.87. The van der Waals surface area contributed by atoms with E-state index < -0.39 is 0 Å². The highest BCUT2D eigenvalue weighted by atomic mass is 79.9. The Morgan fingerprint density at radius 3 is 3.10 bits per heavy atom. The van der Waals surface area contributed by atoms with Gasteiger partial charge in [0.05, 0.1) is 0 Å². The van der Waals surface area contributed by atoms with Gasteiger partial charge in [0.15, 0.2) is 0 Å². The van der Waals surface area contributed by atoms with E-state index in [0.717, 1.165) is 10.6 Å². The van der Waals surface area contributed by atoms with Crippen LogP contribution in [-0.2, 0) is 0 Å². The lowest BCUT2D eigenvalue weighted by molar-refractivity contribution is 0.633. The molecule has 0 aliphatic carbocycles. The lowest BCUT2D eigenvalue weighted by Crippen LogP contribution is -2.32. The van der Waals surface area contributed by atoms with Gasteiger partial charge in [0.2, 0.25) is 0 Å². The van der Waals surface area contributed by atoms with Crippen molar-refractivity contribution in [2.45, 2.75) is 18.1 Å². The molecule has 1 aliphatic rings. The molecule has 0 aromatic rings. The second-order valence-electron chi connectivity index (χ2n) is 2.53. The van der Waals surface area contributed by atoms with Gasteiger partial charge in [-0.15, -0.1) is 0 Å². The fraction of sp³-hybridized carbons (Fsp3) is 1.00. The Kier molecular flexibility index (Phi) is 4.83. The molecule has 0 radical (unpaired) electrons. The summed E-state index contributed by atoms with van der Waals surface area (Å²) in [6.07, 6.45) is 2.68. The minimum absolute atomic E-state index is 0.881. The van der Waals surface area contributed by atoms with Crippen LogP contribution in [0.3, 0.4) is 0 Å². The third-order valence-corrected chi connectivity index (χ3v) is 3.54. The molecule has 3 heteroatoms. The molecule has 1 rings (SSSR count). The molecule has 0 saturated carbocycles. The Morgan fingerprint density at radius 2 is 2.50 bits per heavy atom. The van der Waals surface area contributed by atoms with Crippen molar-refractivity contribution >= 4 is 27.7 Å². The van der Waals surface area contributed by atoms with E-state index in [0.29, 0.717) is 0 Å². The molecule has 0 aromatic heterocycles. The van der Waals surface area contributed by atoms with Crippen LogP contribution >= 0.6 is 27.7 Å². The minimum atomic E-state index is 0.881. The Labute approximate surface area is 75.5 Å². The van der Waals surface area contributed by atoms with Crippen LogP contribution < -0.4 is 5.32 Å². The molecule has 0 spiro atoms. The zero-order valence-corrected chi connectivity index (χ0v) is 8.51. The van der Waals surface area contributed by atoms with Gasteiger partial charge in [-0.2, -0.15) is 11.8 Å². The van der Waals surface area contributed by atoms with Crippen LogP contribution in [0.1, 0.15) is 12.8 Å². The van der Waals surface area contributed by atoms with Gasteiger partial charge in [-0.05, 0) is 12.8 Å². The molecule has 1 saturated heterocycles. The lowest BCUT2D eigenvalue weighted by Gasteiger charge is -2.21. The molecule has 0 aromatic carbocycles. The fourth-order valence-corrected chi connectivity index (χ4v) is 2.60. The monoisotopic (exact) mass is 223 g/mol. The molecule has 0 bridgehead atoms. The largest absolute Gasteiger partial charge is 0.315 e. The maximum Gasteiger partial charge on any atom is 0.0173 e. The third-order valence-electron chi connectivity index (χ3n) is 1.66. The number of alkyl halides is 1. The number of nitrogens with one attached hydrogen (secondary N) is 1. The van der Waals surface area contributed by atoms with Crippen molar-refractivity contribution in [3.63, 3.8) is 0 Å². The molecule has 0 amide bonds. The first kappa shape index (κ1) is 8.88. The van der Waals surface area contributed by atoms with Gasteiger partial charge in [-0.3, -0.25) is 0 Å². The summed E-state index contributed by atoms with van der Waals surface area (Å²) in [5, 5.41) is 5.45. The highest BCUT2D eigenvalue weighted by Gasteiger charge is 2.11. The van der Waals surface area contributed by atoms with Gasteiger partial charge in [-0.1, -0.05) is 15.9 Å². The molecule has 1 heterocycles. The number of hydrogen-bond donors (Lipinski definition) is 1. The Hall–Kier alpha value is 0.790. The van der Waals surface area contributed by atoms with E-state index >= 15 is 0 Å². The summed E-state index contributed by atoms with van der Waals surface area (Å²) in [7, 11) is 0. The zero-order chi connectivity index (χ0) is 7.23. The highest BCUT2D eigenvalue weighted by molar-refractivity contribution is 9.09. The molecule has 1 aliphatic heterocycles. The zero-order valence-electron chi connectivity index (χ0n) is 6.11. The van der Waals surface area contributed by atoms with E-state index in [4.69, 9.17) is 0 Å². The van der Waals surface area contributed by atoms with Gasteiger partial charge in [0, 0.05) is 29.4 Å². The lowest BCUT2D eigenvalue weighted by atomic mass is 10.2. The molecule has 10 heavy (non-hydrogen) atoms. The summed E-state index contributed by atoms with van der Waals surface area (Å²) < 4.78 is 0. The summed E-state index contributed by atoms with van der Waals surface area (Å²) in [5.74, 6) is 1.30. The van der Waals surface area contributed by atoms with E-state index in [1.54, 1.807) is 0 Å². The summed E-state index contributed by atoms with van der Waals surface area (Å²) in [4.78, 5) is 0. The van der Waals surface area contributed by atoms with Gasteiger partial charge < -0.3 is 5.32 Å². The Morgan fingerprint density at radius 1 is 1.60 bits per heavy atom. The van der Waals surface area contributed by atoms with Crippen LogP contribution in [0.4, 0.5) is 0 Å². The second kappa shape index (κ2) is 5.44. The van der Waals surface area contributed by atoms with Crippen molar-refractivity contribution in [1.29, 1.82) is 0 Å². The van der Waals surface area contributed by atoms with Crippen LogP contribution in [0.15, 0.2) is 0 Å². The van der Waals surface area contributed by atoms with E-state index in [9.17, 15) is 0 Å². The average Bonchev–Trinajstić information content (AvgIpc) is 2.03. The minimum Gasteiger partial charge on any atom is -0.315 e. The fourth-order valence-electron chi connectivity index (χ4n) is 1.11. The van der Waals surface area contributed by atoms with Crippen molar-refractivity contribution < 1.29 is 0 Å². The average molecular weight is 224 g/mol. The van der Waals surface area contributed by atoms with E-state index in [-0.39, 0.29) is 0 Å². The van der Waals surface area contributed by atoms with Gasteiger partial charge >= 0.3 is 0 Å². The quantitative estimate of drug-likeness (QED) is 0.734. The van der Waals surface area contributed by atoms with Gasteiger partial charge in [-0.25, -0.2) is 0 Å². The summed E-state index contributed by atoms with van der Waals surface area (Å²) in [6, 6.07) is 0. The predicted molar refractivity (Wildman–Crippen MR) is 52.1 cm³/mol. The van der Waals surface area contributed by atoms with E-state index in [1.807, 2.05) is 0 Å². The molecular weight excluding hydrogens is 210 g/mol. The van der Waals surface area contributed by atoms with Gasteiger partial charge in [0.25, 0.3) is 0 Å². The van der Waals surface area contributed by atoms with Crippen LogP contribution in [0, 0.1) is 0 Å². The number of thioether (sulfide) groups is 1. The van der Waals surface area contributed by atoms with Crippen molar-refractivity contribution in [1.82, 2.24) is 5.32 Å². The summed E-state index contributed by atoms with van der Waals surface area (Å²) in [6.45, 7) is 2.42. The second-order valence-corrected chi connectivity index (χ2v) is 4.73. The smallest absolute Gasteiger partial charge is 0.0173 e. The molecule has 1 N–H and O–H groups in total. The van der Waals surface area contributed by atoms with Crippen molar-refractivity contribution in [3.8, 4) is 0 Å². The maximum atomic E-state index is 3.45. The van der Waals surface area contributed by atoms with Crippen LogP contribution in [0.5, 0.6) is 0 Å². The van der Waals surface area contributed by atoms with Crippen LogP contribution in [-0.4, -0.2) is 29.4 Å². The van der Waals surface area contributed by atoms with Crippen molar-refractivity contribution in [2.75, 3.05) is 24.2 Å². The molecule has 1 unspecified atom stereocenters. The number of halogens is 1. The molecule has 1 fully saturated rings. The number of hydrogen-bond acceptors (Lipinski definition) is 2. The van der Waals surface area contributed by atoms with E-state index in [1.165, 1.54) is 31.7 Å². The molecule has 1 atom stereocenters. The van der Waals surface area contributed by atoms with Crippen molar-refractivity contribution in [2.24, 2.45) is 0 Å². The normalized spacial score (nSPS) is 26.7. The first-order chi connectivity index (χ1) is 4.93.